The first-order valence-electron chi connectivity index (χ1n) is 13.1. The molecular weight excluding hydrogens is 450 g/mol. The van der Waals surface area contributed by atoms with Gasteiger partial charge in [-0.3, -0.25) is 9.36 Å². The molecule has 1 saturated heterocycles. The van der Waals surface area contributed by atoms with Crippen LogP contribution in [0.5, 0.6) is 0 Å². The molecule has 6 rings (SSSR count). The molecule has 1 aliphatic heterocycles. The highest BCUT2D eigenvalue weighted by Gasteiger charge is 2.23. The van der Waals surface area contributed by atoms with E-state index in [2.05, 4.69) is 57.2 Å². The second-order valence-electron chi connectivity index (χ2n) is 10.0. The molecule has 0 unspecified atom stereocenters. The molecule has 2 fully saturated rings. The number of pyridine rings is 1. The summed E-state index contributed by atoms with van der Waals surface area (Å²) in [6, 6.07) is 12.8. The van der Waals surface area contributed by atoms with Crippen molar-refractivity contribution >= 4 is 33.6 Å². The van der Waals surface area contributed by atoms with Crippen molar-refractivity contribution in [2.45, 2.75) is 57.5 Å². The number of hydrogen-bond donors (Lipinski definition) is 1. The van der Waals surface area contributed by atoms with E-state index in [1.165, 1.54) is 23.7 Å². The molecule has 4 aromatic rings. The van der Waals surface area contributed by atoms with Gasteiger partial charge in [0.15, 0.2) is 0 Å². The lowest BCUT2D eigenvalue weighted by Crippen LogP contribution is -2.34. The lowest BCUT2D eigenvalue weighted by atomic mass is 10.0. The minimum Gasteiger partial charge on any atom is -0.344 e. The van der Waals surface area contributed by atoms with Gasteiger partial charge in [-0.2, -0.15) is 10.2 Å². The van der Waals surface area contributed by atoms with Gasteiger partial charge in [0.1, 0.15) is 17.3 Å². The van der Waals surface area contributed by atoms with Gasteiger partial charge in [-0.25, -0.2) is 4.98 Å². The molecule has 36 heavy (non-hydrogen) atoms. The Hall–Kier alpha value is -3.70. The zero-order valence-corrected chi connectivity index (χ0v) is 20.7. The van der Waals surface area contributed by atoms with E-state index in [0.29, 0.717) is 23.0 Å². The van der Waals surface area contributed by atoms with E-state index < -0.39 is 0 Å². The summed E-state index contributed by atoms with van der Waals surface area (Å²) < 4.78 is 4.15. The van der Waals surface area contributed by atoms with Crippen LogP contribution in [-0.4, -0.2) is 43.6 Å². The Balaban J connectivity index is 1.30. The molecule has 8 nitrogen and oxygen atoms in total. The minimum atomic E-state index is -0.255. The van der Waals surface area contributed by atoms with Crippen molar-refractivity contribution in [1.82, 2.24) is 24.0 Å². The smallest absolute Gasteiger partial charge is 0.270 e. The Morgan fingerprint density at radius 3 is 2.61 bits per heavy atom. The Morgan fingerprint density at radius 1 is 1.06 bits per heavy atom. The zero-order valence-electron chi connectivity index (χ0n) is 20.7. The second-order valence-corrected chi connectivity index (χ2v) is 10.0. The van der Waals surface area contributed by atoms with E-state index in [0.717, 1.165) is 51.0 Å². The van der Waals surface area contributed by atoms with Gasteiger partial charge in [-0.1, -0.05) is 19.8 Å². The Labute approximate surface area is 210 Å². The number of likely N-dealkylation sites (tertiary alicyclic amines) is 1. The third kappa shape index (κ3) is 4.03. The van der Waals surface area contributed by atoms with Crippen LogP contribution in [0.25, 0.3) is 21.9 Å². The van der Waals surface area contributed by atoms with E-state index in [4.69, 9.17) is 4.98 Å². The predicted molar refractivity (Wildman–Crippen MR) is 142 cm³/mol. The van der Waals surface area contributed by atoms with E-state index in [9.17, 15) is 10.1 Å². The molecule has 0 bridgehead atoms. The van der Waals surface area contributed by atoms with Crippen molar-refractivity contribution in [2.75, 3.05) is 25.0 Å². The summed E-state index contributed by atoms with van der Waals surface area (Å²) in [5.41, 5.74) is 2.63. The number of aromatic nitrogens is 4. The molecule has 1 aromatic carbocycles. The normalized spacial score (nSPS) is 17.7. The van der Waals surface area contributed by atoms with Gasteiger partial charge in [-0.15, -0.1) is 0 Å². The molecule has 4 heterocycles. The van der Waals surface area contributed by atoms with E-state index >= 15 is 0 Å². The van der Waals surface area contributed by atoms with Crippen LogP contribution in [0.2, 0.25) is 0 Å². The molecule has 2 aliphatic rings. The molecule has 3 aromatic heterocycles. The van der Waals surface area contributed by atoms with E-state index in [1.54, 1.807) is 16.8 Å². The summed E-state index contributed by atoms with van der Waals surface area (Å²) in [6.07, 6.45) is 10.3. The van der Waals surface area contributed by atoms with Crippen molar-refractivity contribution in [2.24, 2.45) is 0 Å². The number of rotatable bonds is 5. The molecule has 1 saturated carbocycles. The fourth-order valence-corrected chi connectivity index (χ4v) is 5.96. The summed E-state index contributed by atoms with van der Waals surface area (Å²) in [4.78, 5) is 24.8. The van der Waals surface area contributed by atoms with Crippen LogP contribution >= 0.6 is 0 Å². The summed E-state index contributed by atoms with van der Waals surface area (Å²) in [5, 5.41) is 14.7. The summed E-state index contributed by atoms with van der Waals surface area (Å²) in [7, 11) is 0. The molecule has 0 spiro atoms. The van der Waals surface area contributed by atoms with Gasteiger partial charge in [0.25, 0.3) is 5.56 Å². The average molecular weight is 482 g/mol. The quantitative estimate of drug-likeness (QED) is 0.425. The standard InChI is InChI=1S/C28H31N7O/c1-2-33-12-10-23(11-13-33)34-14-9-19-16-22(7-8-25(19)34)31-28-30-18-21-15-20(17-29)27(36)35(26(21)32-28)24-5-3-4-6-24/h7-9,14-16,18,23-24H,2-6,10-13H2,1H3,(H,30,31,32). The topological polar surface area (TPSA) is 91.8 Å². The van der Waals surface area contributed by atoms with Crippen LogP contribution in [0.15, 0.2) is 47.5 Å². The molecule has 0 amide bonds. The lowest BCUT2D eigenvalue weighted by Gasteiger charge is -2.32. The van der Waals surface area contributed by atoms with Gasteiger partial charge in [0.2, 0.25) is 5.95 Å². The maximum absolute atomic E-state index is 13.0. The first kappa shape index (κ1) is 22.7. The van der Waals surface area contributed by atoms with Gasteiger partial charge < -0.3 is 14.8 Å². The van der Waals surface area contributed by atoms with Gasteiger partial charge in [-0.05, 0) is 62.6 Å². The van der Waals surface area contributed by atoms with Crippen molar-refractivity contribution in [3.63, 3.8) is 0 Å². The maximum Gasteiger partial charge on any atom is 0.270 e. The monoisotopic (exact) mass is 481 g/mol. The van der Waals surface area contributed by atoms with Crippen LogP contribution < -0.4 is 10.9 Å². The Bertz CT molecular complexity index is 1510. The fraction of sp³-hybridized carbons (Fsp3) is 0.429. The highest BCUT2D eigenvalue weighted by Crippen LogP contribution is 2.32. The molecule has 0 atom stereocenters. The van der Waals surface area contributed by atoms with Gasteiger partial charge in [0.05, 0.1) is 0 Å². The summed E-state index contributed by atoms with van der Waals surface area (Å²) in [6.45, 7) is 5.67. The first-order valence-corrected chi connectivity index (χ1v) is 13.1. The number of nitrogens with one attached hydrogen (secondary N) is 1. The number of piperidine rings is 1. The average Bonchev–Trinajstić information content (AvgIpc) is 3.59. The highest BCUT2D eigenvalue weighted by molar-refractivity contribution is 5.85. The van der Waals surface area contributed by atoms with Crippen molar-refractivity contribution in [1.29, 1.82) is 5.26 Å². The maximum atomic E-state index is 13.0. The number of anilines is 2. The SMILES string of the molecule is CCN1CCC(n2ccc3cc(Nc4ncc5cc(C#N)c(=O)n(C6CCCC6)c5n4)ccc32)CC1. The molecular formula is C28H31N7O. The fourth-order valence-electron chi connectivity index (χ4n) is 5.96. The summed E-state index contributed by atoms with van der Waals surface area (Å²) >= 11 is 0. The second kappa shape index (κ2) is 9.40. The number of nitrogens with zero attached hydrogens (tertiary/aromatic N) is 6. The molecule has 184 valence electrons. The van der Waals surface area contributed by atoms with Crippen LogP contribution in [0.3, 0.4) is 0 Å². The predicted octanol–water partition coefficient (Wildman–Crippen LogP) is 5.13. The third-order valence-electron chi connectivity index (χ3n) is 7.96. The first-order chi connectivity index (χ1) is 17.6. The van der Waals surface area contributed by atoms with Crippen molar-refractivity contribution in [3.8, 4) is 6.07 Å². The largest absolute Gasteiger partial charge is 0.344 e. The van der Waals surface area contributed by atoms with Crippen LogP contribution in [0.4, 0.5) is 11.6 Å². The summed E-state index contributed by atoms with van der Waals surface area (Å²) in [5.74, 6) is 0.448. The van der Waals surface area contributed by atoms with Gasteiger partial charge in [0, 0.05) is 59.5 Å². The molecule has 1 N–H and O–H groups in total. The minimum absolute atomic E-state index is 0.0800. The molecule has 0 radical (unpaired) electrons. The number of benzene rings is 1. The van der Waals surface area contributed by atoms with Gasteiger partial charge >= 0.3 is 0 Å². The van der Waals surface area contributed by atoms with Crippen LogP contribution in [-0.2, 0) is 0 Å². The lowest BCUT2D eigenvalue weighted by molar-refractivity contribution is 0.197. The number of fused-ring (bicyclic) bond motifs is 2. The number of nitriles is 1. The van der Waals surface area contributed by atoms with Crippen molar-refractivity contribution in [3.05, 3.63) is 58.6 Å². The van der Waals surface area contributed by atoms with Crippen LogP contribution in [0.1, 0.15) is 63.1 Å². The van der Waals surface area contributed by atoms with Crippen LogP contribution in [0, 0.1) is 11.3 Å². The van der Waals surface area contributed by atoms with E-state index in [-0.39, 0.29) is 17.2 Å². The Kier molecular flexibility index (Phi) is 5.94. The van der Waals surface area contributed by atoms with E-state index in [1.807, 2.05) is 6.07 Å². The highest BCUT2D eigenvalue weighted by atomic mass is 16.1. The molecule has 1 aliphatic carbocycles. The molecule has 8 heteroatoms. The number of hydrogen-bond acceptors (Lipinski definition) is 6. The third-order valence-corrected chi connectivity index (χ3v) is 7.96. The zero-order chi connectivity index (χ0) is 24.6. The Morgan fingerprint density at radius 2 is 1.86 bits per heavy atom. The van der Waals surface area contributed by atoms with Crippen molar-refractivity contribution < 1.29 is 0 Å².